The van der Waals surface area contributed by atoms with Gasteiger partial charge in [-0.3, -0.25) is 14.9 Å². The van der Waals surface area contributed by atoms with E-state index in [4.69, 9.17) is 16.9 Å². The van der Waals surface area contributed by atoms with Crippen molar-refractivity contribution >= 4 is 23.2 Å². The molecule has 0 spiro atoms. The van der Waals surface area contributed by atoms with E-state index in [2.05, 4.69) is 5.32 Å². The van der Waals surface area contributed by atoms with Crippen molar-refractivity contribution in [1.82, 2.24) is 5.32 Å². The molecule has 0 aliphatic carbocycles. The fourth-order valence-corrected chi connectivity index (χ4v) is 1.52. The second-order valence-corrected chi connectivity index (χ2v) is 4.58. The minimum Gasteiger partial charge on any atom is -0.334 e. The number of rotatable bonds is 4. The molecule has 0 fully saturated rings. The molecule has 1 atom stereocenters. The fraction of sp³-hybridized carbons (Fsp3) is 0.333. The van der Waals surface area contributed by atoms with E-state index in [1.54, 1.807) is 13.8 Å². The molecule has 0 radical (unpaired) electrons. The van der Waals surface area contributed by atoms with Crippen molar-refractivity contribution in [3.63, 3.8) is 0 Å². The zero-order valence-corrected chi connectivity index (χ0v) is 11.2. The lowest BCUT2D eigenvalue weighted by atomic mass is 10.0. The smallest absolute Gasteiger partial charge is 0.270 e. The SMILES string of the molecule is CCC(C)(C#N)NC(=O)c1cc([N+](=O)[O-])ccc1Cl. The molecule has 100 valence electrons. The Balaban J connectivity index is 3.10. The van der Waals surface area contributed by atoms with Crippen LogP contribution in [0, 0.1) is 21.4 Å². The third-order valence-corrected chi connectivity index (χ3v) is 3.08. The zero-order chi connectivity index (χ0) is 14.6. The first-order chi connectivity index (χ1) is 8.83. The maximum atomic E-state index is 12.0. The number of amides is 1. The summed E-state index contributed by atoms with van der Waals surface area (Å²) in [5, 5.41) is 22.3. The number of carbonyl (C=O) groups excluding carboxylic acids is 1. The lowest BCUT2D eigenvalue weighted by molar-refractivity contribution is -0.384. The summed E-state index contributed by atoms with van der Waals surface area (Å²) in [7, 11) is 0. The highest BCUT2D eigenvalue weighted by atomic mass is 35.5. The molecule has 0 saturated carbocycles. The van der Waals surface area contributed by atoms with Crippen LogP contribution in [0.5, 0.6) is 0 Å². The third-order valence-electron chi connectivity index (χ3n) is 2.75. The maximum absolute atomic E-state index is 12.0. The van der Waals surface area contributed by atoms with E-state index in [9.17, 15) is 14.9 Å². The van der Waals surface area contributed by atoms with Gasteiger partial charge >= 0.3 is 0 Å². The standard InChI is InChI=1S/C12H12ClN3O3/c1-3-12(2,7-14)15-11(17)9-6-8(16(18)19)4-5-10(9)13/h4-6H,3H2,1-2H3,(H,15,17). The zero-order valence-electron chi connectivity index (χ0n) is 10.4. The highest BCUT2D eigenvalue weighted by molar-refractivity contribution is 6.34. The van der Waals surface area contributed by atoms with Crippen molar-refractivity contribution < 1.29 is 9.72 Å². The van der Waals surface area contributed by atoms with Crippen molar-refractivity contribution in [2.45, 2.75) is 25.8 Å². The second kappa shape index (κ2) is 5.67. The van der Waals surface area contributed by atoms with Gasteiger partial charge in [-0.2, -0.15) is 5.26 Å². The Hall–Kier alpha value is -2.13. The first kappa shape index (κ1) is 14.9. The van der Waals surface area contributed by atoms with Crippen molar-refractivity contribution in [1.29, 1.82) is 5.26 Å². The number of hydrogen-bond donors (Lipinski definition) is 1. The summed E-state index contributed by atoms with van der Waals surface area (Å²) in [6.07, 6.45) is 0.405. The Morgan fingerprint density at radius 1 is 1.63 bits per heavy atom. The molecule has 7 heteroatoms. The Kier molecular flexibility index (Phi) is 4.46. The number of non-ortho nitro benzene ring substituents is 1. The van der Waals surface area contributed by atoms with Gasteiger partial charge in [0.2, 0.25) is 0 Å². The largest absolute Gasteiger partial charge is 0.334 e. The number of halogens is 1. The van der Waals surface area contributed by atoms with Crippen LogP contribution in [-0.2, 0) is 0 Å². The van der Waals surface area contributed by atoms with Crippen LogP contribution in [-0.4, -0.2) is 16.4 Å². The van der Waals surface area contributed by atoms with Crippen LogP contribution in [0.2, 0.25) is 5.02 Å². The molecular weight excluding hydrogens is 270 g/mol. The number of nitro benzene ring substituents is 1. The van der Waals surface area contributed by atoms with Crippen LogP contribution in [0.25, 0.3) is 0 Å². The van der Waals surface area contributed by atoms with E-state index >= 15 is 0 Å². The summed E-state index contributed by atoms with van der Waals surface area (Å²) in [6.45, 7) is 3.31. The molecule has 6 nitrogen and oxygen atoms in total. The maximum Gasteiger partial charge on any atom is 0.270 e. The average Bonchev–Trinajstić information content (AvgIpc) is 2.38. The quantitative estimate of drug-likeness (QED) is 0.678. The van der Waals surface area contributed by atoms with E-state index in [0.717, 1.165) is 6.07 Å². The summed E-state index contributed by atoms with van der Waals surface area (Å²) in [5.41, 5.74) is -1.29. The van der Waals surface area contributed by atoms with Gasteiger partial charge in [0.05, 0.1) is 21.6 Å². The second-order valence-electron chi connectivity index (χ2n) is 4.17. The topological polar surface area (TPSA) is 96.0 Å². The van der Waals surface area contributed by atoms with Gasteiger partial charge in [0.1, 0.15) is 5.54 Å². The van der Waals surface area contributed by atoms with Crippen LogP contribution in [0.1, 0.15) is 30.6 Å². The molecule has 1 N–H and O–H groups in total. The van der Waals surface area contributed by atoms with Gasteiger partial charge in [0, 0.05) is 12.1 Å². The van der Waals surface area contributed by atoms with E-state index in [-0.39, 0.29) is 16.3 Å². The van der Waals surface area contributed by atoms with Crippen molar-refractivity contribution in [3.8, 4) is 6.07 Å². The van der Waals surface area contributed by atoms with E-state index in [1.807, 2.05) is 6.07 Å². The van der Waals surface area contributed by atoms with Gasteiger partial charge in [-0.25, -0.2) is 0 Å². The van der Waals surface area contributed by atoms with Crippen molar-refractivity contribution in [2.24, 2.45) is 0 Å². The summed E-state index contributed by atoms with van der Waals surface area (Å²) in [4.78, 5) is 22.1. The molecule has 1 amide bonds. The Bertz CT molecular complexity index is 568. The number of nitrogens with one attached hydrogen (secondary N) is 1. The molecule has 1 aromatic carbocycles. The molecular formula is C12H12ClN3O3. The predicted octanol–water partition coefficient (Wildman–Crippen LogP) is 2.67. The van der Waals surface area contributed by atoms with E-state index in [1.165, 1.54) is 12.1 Å². The monoisotopic (exact) mass is 281 g/mol. The van der Waals surface area contributed by atoms with Crippen molar-refractivity contribution in [3.05, 3.63) is 38.9 Å². The average molecular weight is 282 g/mol. The van der Waals surface area contributed by atoms with Gasteiger partial charge in [0.25, 0.3) is 11.6 Å². The number of carbonyl (C=O) groups is 1. The minimum absolute atomic E-state index is 0.0224. The first-order valence-corrected chi connectivity index (χ1v) is 5.88. The van der Waals surface area contributed by atoms with Gasteiger partial charge in [-0.15, -0.1) is 0 Å². The van der Waals surface area contributed by atoms with Gasteiger partial charge in [-0.05, 0) is 19.4 Å². The van der Waals surface area contributed by atoms with Crippen LogP contribution in [0.4, 0.5) is 5.69 Å². The molecule has 1 aromatic rings. The number of benzene rings is 1. The van der Waals surface area contributed by atoms with Crippen LogP contribution >= 0.6 is 11.6 Å². The fourth-order valence-electron chi connectivity index (χ4n) is 1.31. The molecule has 0 aliphatic heterocycles. The Morgan fingerprint density at radius 2 is 2.26 bits per heavy atom. The molecule has 1 unspecified atom stereocenters. The molecule has 1 rings (SSSR count). The number of nitriles is 1. The Labute approximate surface area is 115 Å². The van der Waals surface area contributed by atoms with Gasteiger partial charge in [-0.1, -0.05) is 18.5 Å². The molecule has 0 bridgehead atoms. The minimum atomic E-state index is -1.04. The molecule has 0 saturated heterocycles. The highest BCUT2D eigenvalue weighted by Crippen LogP contribution is 2.22. The van der Waals surface area contributed by atoms with Gasteiger partial charge in [0.15, 0.2) is 0 Å². The number of hydrogen-bond acceptors (Lipinski definition) is 4. The molecule has 0 aromatic heterocycles. The van der Waals surface area contributed by atoms with Crippen LogP contribution in [0.15, 0.2) is 18.2 Å². The third kappa shape index (κ3) is 3.42. The van der Waals surface area contributed by atoms with Crippen LogP contribution in [0.3, 0.4) is 0 Å². The molecule has 0 aliphatic rings. The number of nitrogens with zero attached hydrogens (tertiary/aromatic N) is 2. The lowest BCUT2D eigenvalue weighted by Gasteiger charge is -2.21. The summed E-state index contributed by atoms with van der Waals surface area (Å²) < 4.78 is 0. The van der Waals surface area contributed by atoms with Crippen LogP contribution < -0.4 is 5.32 Å². The summed E-state index contributed by atoms with van der Waals surface area (Å²) in [6, 6.07) is 5.56. The molecule has 19 heavy (non-hydrogen) atoms. The highest BCUT2D eigenvalue weighted by Gasteiger charge is 2.26. The summed E-state index contributed by atoms with van der Waals surface area (Å²) >= 11 is 5.84. The normalized spacial score (nSPS) is 13.2. The predicted molar refractivity (Wildman–Crippen MR) is 69.9 cm³/mol. The van der Waals surface area contributed by atoms with E-state index < -0.39 is 16.4 Å². The molecule has 0 heterocycles. The lowest BCUT2D eigenvalue weighted by Crippen LogP contribution is -2.44. The Morgan fingerprint density at radius 3 is 2.74 bits per heavy atom. The van der Waals surface area contributed by atoms with Crippen molar-refractivity contribution in [2.75, 3.05) is 0 Å². The van der Waals surface area contributed by atoms with Gasteiger partial charge < -0.3 is 5.32 Å². The first-order valence-electron chi connectivity index (χ1n) is 5.50. The van der Waals surface area contributed by atoms with E-state index in [0.29, 0.717) is 6.42 Å². The number of nitro groups is 1. The summed E-state index contributed by atoms with van der Waals surface area (Å²) in [5.74, 6) is -0.611.